The van der Waals surface area contributed by atoms with Crippen molar-refractivity contribution in [3.8, 4) is 17.1 Å². The van der Waals surface area contributed by atoms with Gasteiger partial charge in [0.25, 0.3) is 15.9 Å². The van der Waals surface area contributed by atoms with Crippen LogP contribution in [0.5, 0.6) is 5.88 Å². The van der Waals surface area contributed by atoms with Gasteiger partial charge in [-0.3, -0.25) is 4.79 Å². The molecule has 2 heterocycles. The van der Waals surface area contributed by atoms with Crippen molar-refractivity contribution in [2.45, 2.75) is 78.7 Å². The van der Waals surface area contributed by atoms with Crippen LogP contribution in [0, 0.1) is 25.2 Å². The molecular weight excluding hydrogens is 536 g/mol. The summed E-state index contributed by atoms with van der Waals surface area (Å²) in [6.45, 7) is 15.5. The van der Waals surface area contributed by atoms with Crippen LogP contribution in [-0.2, 0) is 10.0 Å². The highest BCUT2D eigenvalue weighted by Crippen LogP contribution is 2.31. The zero-order valence-electron chi connectivity index (χ0n) is 25.2. The Morgan fingerprint density at radius 2 is 1.76 bits per heavy atom. The molecule has 220 valence electrons. The SMILES string of the molecule is CCC(C)CCN1C(=O)c2cccc(c2)S(=O)(=O)Nc2nc(cc(-c3c(C)cccc3C)n2)OC[C@H]1CC(C)(C)C. The van der Waals surface area contributed by atoms with Crippen molar-refractivity contribution in [3.63, 3.8) is 0 Å². The normalized spacial score (nSPS) is 17.9. The Labute approximate surface area is 244 Å². The van der Waals surface area contributed by atoms with E-state index in [0.717, 1.165) is 29.5 Å². The summed E-state index contributed by atoms with van der Waals surface area (Å²) in [5, 5.41) is 0. The largest absolute Gasteiger partial charge is 0.475 e. The minimum absolute atomic E-state index is 0.0274. The van der Waals surface area contributed by atoms with Crippen molar-refractivity contribution in [2.24, 2.45) is 11.3 Å². The predicted octanol–water partition coefficient (Wildman–Crippen LogP) is 6.64. The van der Waals surface area contributed by atoms with Crippen LogP contribution in [0.3, 0.4) is 0 Å². The molecule has 0 radical (unpaired) electrons. The van der Waals surface area contributed by atoms with Crippen LogP contribution in [0.1, 0.15) is 75.4 Å². The average Bonchev–Trinajstić information content (AvgIpc) is 2.90. The van der Waals surface area contributed by atoms with Crippen molar-refractivity contribution in [1.29, 1.82) is 0 Å². The third-order valence-electron chi connectivity index (χ3n) is 7.59. The van der Waals surface area contributed by atoms with Crippen molar-refractivity contribution in [1.82, 2.24) is 14.9 Å². The lowest BCUT2D eigenvalue weighted by Crippen LogP contribution is -2.46. The number of aromatic nitrogens is 2. The molecule has 0 aliphatic carbocycles. The molecule has 8 nitrogen and oxygen atoms in total. The number of ether oxygens (including phenoxy) is 1. The summed E-state index contributed by atoms with van der Waals surface area (Å²) in [4.78, 5) is 24.9. The van der Waals surface area contributed by atoms with Gasteiger partial charge in [-0.05, 0) is 67.3 Å². The van der Waals surface area contributed by atoms with Gasteiger partial charge in [-0.1, -0.05) is 65.3 Å². The van der Waals surface area contributed by atoms with E-state index in [-0.39, 0.29) is 40.7 Å². The fourth-order valence-corrected chi connectivity index (χ4v) is 6.18. The first-order valence-corrected chi connectivity index (χ1v) is 15.8. The minimum atomic E-state index is -4.09. The van der Waals surface area contributed by atoms with Gasteiger partial charge < -0.3 is 9.64 Å². The van der Waals surface area contributed by atoms with Gasteiger partial charge in [0.1, 0.15) is 6.61 Å². The number of hydrogen-bond acceptors (Lipinski definition) is 6. The number of carbonyl (C=O) groups is 1. The summed E-state index contributed by atoms with van der Waals surface area (Å²) in [6, 6.07) is 13.6. The first-order valence-electron chi connectivity index (χ1n) is 14.3. The molecule has 4 rings (SSSR count). The molecule has 41 heavy (non-hydrogen) atoms. The van der Waals surface area contributed by atoms with Gasteiger partial charge in [-0.2, -0.15) is 4.98 Å². The Morgan fingerprint density at radius 3 is 2.41 bits per heavy atom. The van der Waals surface area contributed by atoms with E-state index in [4.69, 9.17) is 4.74 Å². The fraction of sp³-hybridized carbons (Fsp3) is 0.469. The molecule has 3 aromatic rings. The van der Waals surface area contributed by atoms with Crippen molar-refractivity contribution in [3.05, 3.63) is 65.2 Å². The van der Waals surface area contributed by atoms with Crippen LogP contribution in [0.15, 0.2) is 53.4 Å². The van der Waals surface area contributed by atoms with Crippen LogP contribution in [0.25, 0.3) is 11.3 Å². The van der Waals surface area contributed by atoms with Crippen LogP contribution in [0.2, 0.25) is 0 Å². The zero-order valence-corrected chi connectivity index (χ0v) is 26.0. The second kappa shape index (κ2) is 12.2. The van der Waals surface area contributed by atoms with E-state index in [2.05, 4.69) is 49.3 Å². The number of benzene rings is 2. The van der Waals surface area contributed by atoms with Gasteiger partial charge in [0.05, 0.1) is 16.6 Å². The molecule has 1 aliphatic heterocycles. The summed E-state index contributed by atoms with van der Waals surface area (Å²) >= 11 is 0. The number of nitrogens with zero attached hydrogens (tertiary/aromatic N) is 3. The van der Waals surface area contributed by atoms with Crippen molar-refractivity contribution < 1.29 is 17.9 Å². The third kappa shape index (κ3) is 7.44. The number of carbonyl (C=O) groups excluding carboxylic acids is 1. The Balaban J connectivity index is 1.89. The topological polar surface area (TPSA) is 101 Å². The van der Waals surface area contributed by atoms with Gasteiger partial charge in [-0.15, -0.1) is 0 Å². The molecule has 0 saturated heterocycles. The third-order valence-corrected chi connectivity index (χ3v) is 8.92. The van der Waals surface area contributed by atoms with E-state index in [1.54, 1.807) is 18.2 Å². The lowest BCUT2D eigenvalue weighted by atomic mass is 9.87. The Bertz CT molecular complexity index is 1490. The second-order valence-electron chi connectivity index (χ2n) is 12.3. The van der Waals surface area contributed by atoms with Gasteiger partial charge in [0.15, 0.2) is 0 Å². The Morgan fingerprint density at radius 1 is 1.07 bits per heavy atom. The number of sulfonamides is 1. The molecule has 0 saturated carbocycles. The highest BCUT2D eigenvalue weighted by atomic mass is 32.2. The van der Waals surface area contributed by atoms with Crippen LogP contribution >= 0.6 is 0 Å². The molecule has 0 fully saturated rings. The van der Waals surface area contributed by atoms with E-state index in [1.165, 1.54) is 12.1 Å². The van der Waals surface area contributed by atoms with E-state index >= 15 is 0 Å². The second-order valence-corrected chi connectivity index (χ2v) is 14.0. The number of hydrogen-bond donors (Lipinski definition) is 1. The Hall–Kier alpha value is -3.46. The summed E-state index contributed by atoms with van der Waals surface area (Å²) in [7, 11) is -4.09. The lowest BCUT2D eigenvalue weighted by Gasteiger charge is -2.36. The van der Waals surface area contributed by atoms with Crippen molar-refractivity contribution in [2.75, 3.05) is 17.9 Å². The van der Waals surface area contributed by atoms with Crippen LogP contribution < -0.4 is 9.46 Å². The summed E-state index contributed by atoms with van der Waals surface area (Å²) in [5.74, 6) is 0.381. The first kappa shape index (κ1) is 30.5. The maximum atomic E-state index is 14.0. The van der Waals surface area contributed by atoms with E-state index < -0.39 is 10.0 Å². The summed E-state index contributed by atoms with van der Waals surface area (Å²) in [5.41, 5.74) is 3.68. The molecule has 1 aliphatic rings. The number of nitrogens with one attached hydrogen (secondary N) is 1. The smallest absolute Gasteiger partial charge is 0.264 e. The molecule has 9 heteroatoms. The van der Waals surface area contributed by atoms with Gasteiger partial charge >= 0.3 is 0 Å². The minimum Gasteiger partial charge on any atom is -0.475 e. The number of rotatable bonds is 6. The number of anilines is 1. The number of amides is 1. The van der Waals surface area contributed by atoms with Gasteiger partial charge in [-0.25, -0.2) is 18.1 Å². The molecular formula is C32H42N4O4S. The highest BCUT2D eigenvalue weighted by Gasteiger charge is 2.31. The number of fused-ring (bicyclic) bond motifs is 4. The molecule has 1 N–H and O–H groups in total. The summed E-state index contributed by atoms with van der Waals surface area (Å²) < 4.78 is 35.8. The molecule has 4 bridgehead atoms. The molecule has 1 amide bonds. The van der Waals surface area contributed by atoms with Crippen molar-refractivity contribution >= 4 is 21.9 Å². The molecule has 2 atom stereocenters. The lowest BCUT2D eigenvalue weighted by molar-refractivity contribution is 0.0521. The Kier molecular flexibility index (Phi) is 9.07. The summed E-state index contributed by atoms with van der Waals surface area (Å²) in [6.07, 6.45) is 2.53. The average molecular weight is 579 g/mol. The van der Waals surface area contributed by atoms with E-state index in [9.17, 15) is 13.2 Å². The van der Waals surface area contributed by atoms with E-state index in [1.807, 2.05) is 36.9 Å². The monoisotopic (exact) mass is 578 g/mol. The zero-order chi connectivity index (χ0) is 29.9. The quantitative estimate of drug-likeness (QED) is 0.352. The van der Waals surface area contributed by atoms with Gasteiger partial charge in [0, 0.05) is 23.7 Å². The maximum Gasteiger partial charge on any atom is 0.264 e. The molecule has 1 aromatic heterocycles. The fourth-order valence-electron chi connectivity index (χ4n) is 5.19. The first-order chi connectivity index (χ1) is 19.3. The predicted molar refractivity (Wildman–Crippen MR) is 163 cm³/mol. The maximum absolute atomic E-state index is 14.0. The van der Waals surface area contributed by atoms with Crippen LogP contribution in [-0.4, -0.2) is 48.4 Å². The molecule has 1 unspecified atom stereocenters. The van der Waals surface area contributed by atoms with Gasteiger partial charge in [0.2, 0.25) is 11.8 Å². The molecule has 0 spiro atoms. The van der Waals surface area contributed by atoms with E-state index in [0.29, 0.717) is 30.1 Å². The number of aryl methyl sites for hydroxylation is 2. The standard InChI is InChI=1S/C32H42N4O4S/c1-8-21(2)15-16-36-25(19-32(5,6)7)20-40-28-18-27(29-22(3)11-9-12-23(29)4)33-31(34-28)35-41(38,39)26-14-10-13-24(17-26)30(36)37/h9-14,17-18,21,25H,8,15-16,19-20H2,1-7H3,(H,33,34,35)/t21?,25-/m1/s1. The van der Waals surface area contributed by atoms with Crippen LogP contribution in [0.4, 0.5) is 5.95 Å². The molecule has 2 aromatic carbocycles. The highest BCUT2D eigenvalue weighted by molar-refractivity contribution is 7.92.